The summed E-state index contributed by atoms with van der Waals surface area (Å²) < 4.78 is 49.6. The lowest BCUT2D eigenvalue weighted by molar-refractivity contribution is -0.138. The Balaban J connectivity index is 1.42. The molecule has 2 aromatic heterocycles. The van der Waals surface area contributed by atoms with Crippen molar-refractivity contribution in [2.75, 3.05) is 7.11 Å². The van der Waals surface area contributed by atoms with Crippen LogP contribution in [0.3, 0.4) is 0 Å². The fraction of sp³-hybridized carbons (Fsp3) is 0.391. The number of aryl methyl sites for hydroxylation is 2. The maximum Gasteiger partial charge on any atom is 0.416 e. The summed E-state index contributed by atoms with van der Waals surface area (Å²) in [4.78, 5) is 13.6. The summed E-state index contributed by atoms with van der Waals surface area (Å²) in [6.07, 6.45) is 1.73. The molecule has 2 aliphatic rings. The normalized spacial score (nSPS) is 18.8. The molecule has 0 N–H and O–H groups in total. The SMILES string of the molecule is COC1=C(n2cnc(C)c2)CCC(c2nc3n(n2)C[C@@H](c2ccccc2C(F)(F)F)CC3)=N1. The molecule has 3 aromatic rings. The van der Waals surface area contributed by atoms with Crippen LogP contribution in [0.2, 0.25) is 0 Å². The van der Waals surface area contributed by atoms with E-state index in [-0.39, 0.29) is 5.92 Å². The van der Waals surface area contributed by atoms with Gasteiger partial charge in [-0.05, 0) is 37.8 Å². The van der Waals surface area contributed by atoms with Gasteiger partial charge in [-0.1, -0.05) is 18.2 Å². The van der Waals surface area contributed by atoms with Crippen LogP contribution in [0.25, 0.3) is 5.70 Å². The van der Waals surface area contributed by atoms with Gasteiger partial charge in [-0.15, -0.1) is 5.10 Å². The molecule has 172 valence electrons. The van der Waals surface area contributed by atoms with Crippen molar-refractivity contribution in [2.45, 2.75) is 51.2 Å². The Hall–Kier alpha value is -3.43. The van der Waals surface area contributed by atoms with E-state index >= 15 is 0 Å². The van der Waals surface area contributed by atoms with E-state index < -0.39 is 11.7 Å². The molecule has 0 unspecified atom stereocenters. The predicted molar refractivity (Wildman–Crippen MR) is 115 cm³/mol. The first-order valence-corrected chi connectivity index (χ1v) is 10.8. The maximum atomic E-state index is 13.5. The number of imidazole rings is 1. The van der Waals surface area contributed by atoms with Crippen LogP contribution in [0.5, 0.6) is 0 Å². The monoisotopic (exact) mass is 456 g/mol. The number of nitrogens with zero attached hydrogens (tertiary/aromatic N) is 6. The van der Waals surface area contributed by atoms with Crippen LogP contribution in [-0.2, 0) is 23.9 Å². The fourth-order valence-electron chi connectivity index (χ4n) is 4.52. The smallest absolute Gasteiger partial charge is 0.416 e. The molecule has 2 aliphatic heterocycles. The highest BCUT2D eigenvalue weighted by Crippen LogP contribution is 2.38. The molecule has 0 radical (unpaired) electrons. The van der Waals surface area contributed by atoms with E-state index in [0.29, 0.717) is 55.2 Å². The standard InChI is InChI=1S/C23H23F3N6O/c1-14-11-31(13-27-14)19-9-8-18(28-22(19)33-2)21-29-20-10-7-15(12-32(20)30-21)16-5-3-4-6-17(16)23(24,25)26/h3-6,11,13,15H,7-10,12H2,1-2H3/t15-/m0/s1. The number of allylic oxidation sites excluding steroid dienone is 1. The van der Waals surface area contributed by atoms with Gasteiger partial charge in [0, 0.05) is 25.1 Å². The van der Waals surface area contributed by atoms with E-state index in [1.807, 2.05) is 17.7 Å². The second kappa shape index (κ2) is 8.17. The molecule has 0 fully saturated rings. The van der Waals surface area contributed by atoms with E-state index in [9.17, 15) is 13.2 Å². The molecule has 0 saturated heterocycles. The average molecular weight is 456 g/mol. The van der Waals surface area contributed by atoms with Gasteiger partial charge in [-0.3, -0.25) is 0 Å². The number of aromatic nitrogens is 5. The molecule has 0 amide bonds. The first kappa shape index (κ1) is 21.4. The third-order valence-electron chi connectivity index (χ3n) is 6.12. The van der Waals surface area contributed by atoms with Crippen molar-refractivity contribution in [1.29, 1.82) is 0 Å². The van der Waals surface area contributed by atoms with Crippen LogP contribution < -0.4 is 0 Å². The summed E-state index contributed by atoms with van der Waals surface area (Å²) in [6, 6.07) is 5.79. The molecular weight excluding hydrogens is 433 g/mol. The van der Waals surface area contributed by atoms with E-state index in [2.05, 4.69) is 20.1 Å². The Labute approximate surface area is 188 Å². The topological polar surface area (TPSA) is 70.1 Å². The van der Waals surface area contributed by atoms with Crippen molar-refractivity contribution in [1.82, 2.24) is 24.3 Å². The van der Waals surface area contributed by atoms with Crippen LogP contribution in [0.1, 0.15) is 53.7 Å². The minimum atomic E-state index is -4.38. The van der Waals surface area contributed by atoms with Crippen molar-refractivity contribution >= 4 is 11.4 Å². The summed E-state index contributed by atoms with van der Waals surface area (Å²) in [7, 11) is 1.57. The first-order chi connectivity index (χ1) is 15.8. The minimum absolute atomic E-state index is 0.274. The lowest BCUT2D eigenvalue weighted by Gasteiger charge is -2.25. The molecule has 0 aliphatic carbocycles. The van der Waals surface area contributed by atoms with Gasteiger partial charge in [0.1, 0.15) is 5.82 Å². The quantitative estimate of drug-likeness (QED) is 0.576. The van der Waals surface area contributed by atoms with Crippen LogP contribution in [-0.4, -0.2) is 37.1 Å². The van der Waals surface area contributed by atoms with Gasteiger partial charge < -0.3 is 9.30 Å². The lowest BCUT2D eigenvalue weighted by Crippen LogP contribution is -2.22. The zero-order chi connectivity index (χ0) is 23.2. The molecule has 4 heterocycles. The molecule has 33 heavy (non-hydrogen) atoms. The Bertz CT molecular complexity index is 1250. The summed E-state index contributed by atoms with van der Waals surface area (Å²) in [5.41, 5.74) is 2.26. The van der Waals surface area contributed by atoms with Crippen molar-refractivity contribution < 1.29 is 17.9 Å². The average Bonchev–Trinajstić information content (AvgIpc) is 3.43. The Morgan fingerprint density at radius 1 is 1.12 bits per heavy atom. The van der Waals surface area contributed by atoms with E-state index in [4.69, 9.17) is 4.74 Å². The fourth-order valence-corrected chi connectivity index (χ4v) is 4.52. The van der Waals surface area contributed by atoms with E-state index in [1.165, 1.54) is 6.07 Å². The number of aliphatic imine (C=N–C) groups is 1. The van der Waals surface area contributed by atoms with Gasteiger partial charge in [-0.2, -0.15) is 13.2 Å². The van der Waals surface area contributed by atoms with Gasteiger partial charge >= 0.3 is 6.18 Å². The third-order valence-corrected chi connectivity index (χ3v) is 6.12. The molecular formula is C23H23F3N6O. The second-order valence-electron chi connectivity index (χ2n) is 8.29. The molecule has 0 saturated carbocycles. The highest BCUT2D eigenvalue weighted by molar-refractivity contribution is 5.99. The number of hydrogen-bond donors (Lipinski definition) is 0. The number of rotatable bonds is 4. The Morgan fingerprint density at radius 3 is 2.67 bits per heavy atom. The lowest BCUT2D eigenvalue weighted by atomic mass is 9.88. The Kier molecular flexibility index (Phi) is 5.30. The molecule has 10 heteroatoms. The molecule has 1 atom stereocenters. The van der Waals surface area contributed by atoms with Gasteiger partial charge in [0.2, 0.25) is 5.88 Å². The van der Waals surface area contributed by atoms with Crippen molar-refractivity contribution in [3.05, 3.63) is 71.1 Å². The number of alkyl halides is 3. The van der Waals surface area contributed by atoms with Gasteiger partial charge in [0.15, 0.2) is 5.82 Å². The van der Waals surface area contributed by atoms with E-state index in [0.717, 1.165) is 23.3 Å². The summed E-state index contributed by atoms with van der Waals surface area (Å²) in [5, 5.41) is 4.61. The predicted octanol–water partition coefficient (Wildman–Crippen LogP) is 4.59. The van der Waals surface area contributed by atoms with Crippen molar-refractivity contribution in [3.63, 3.8) is 0 Å². The van der Waals surface area contributed by atoms with Gasteiger partial charge in [0.05, 0.1) is 36.1 Å². The molecule has 0 spiro atoms. The molecule has 1 aromatic carbocycles. The number of methoxy groups -OCH3 is 1. The first-order valence-electron chi connectivity index (χ1n) is 10.8. The van der Waals surface area contributed by atoms with Crippen LogP contribution in [0.15, 0.2) is 47.7 Å². The summed E-state index contributed by atoms with van der Waals surface area (Å²) in [6.45, 7) is 2.27. The molecule has 0 bridgehead atoms. The minimum Gasteiger partial charge on any atom is -0.480 e. The number of fused-ring (bicyclic) bond motifs is 1. The van der Waals surface area contributed by atoms with Gasteiger partial charge in [-0.25, -0.2) is 19.6 Å². The van der Waals surface area contributed by atoms with Crippen molar-refractivity contribution in [3.8, 4) is 0 Å². The highest BCUT2D eigenvalue weighted by Gasteiger charge is 2.36. The highest BCUT2D eigenvalue weighted by atomic mass is 19.4. The molecule has 5 rings (SSSR count). The summed E-state index contributed by atoms with van der Waals surface area (Å²) in [5.74, 6) is 1.49. The zero-order valence-corrected chi connectivity index (χ0v) is 18.3. The number of ether oxygens (including phenoxy) is 1. The third kappa shape index (κ3) is 4.05. The number of hydrogen-bond acceptors (Lipinski definition) is 5. The van der Waals surface area contributed by atoms with Crippen LogP contribution in [0, 0.1) is 6.92 Å². The van der Waals surface area contributed by atoms with Crippen LogP contribution in [0.4, 0.5) is 13.2 Å². The maximum absolute atomic E-state index is 13.5. The second-order valence-corrected chi connectivity index (χ2v) is 8.29. The zero-order valence-electron chi connectivity index (χ0n) is 18.3. The largest absolute Gasteiger partial charge is 0.480 e. The van der Waals surface area contributed by atoms with E-state index in [1.54, 1.807) is 30.3 Å². The van der Waals surface area contributed by atoms with Gasteiger partial charge in [0.25, 0.3) is 0 Å². The molecule has 7 nitrogen and oxygen atoms in total. The van der Waals surface area contributed by atoms with Crippen molar-refractivity contribution in [2.24, 2.45) is 4.99 Å². The number of halogens is 3. The number of benzene rings is 1. The summed E-state index contributed by atoms with van der Waals surface area (Å²) >= 11 is 0. The van der Waals surface area contributed by atoms with Crippen LogP contribution >= 0.6 is 0 Å². The Morgan fingerprint density at radius 2 is 1.94 bits per heavy atom.